The quantitative estimate of drug-likeness (QED) is 0.332. The molecule has 0 spiro atoms. The van der Waals surface area contributed by atoms with Crippen LogP contribution in [0, 0.1) is 5.92 Å². The van der Waals surface area contributed by atoms with E-state index in [9.17, 15) is 24.3 Å². The Kier molecular flexibility index (Phi) is 8.98. The summed E-state index contributed by atoms with van der Waals surface area (Å²) in [5, 5.41) is 17.1. The van der Waals surface area contributed by atoms with Crippen LogP contribution in [0.15, 0.2) is 66.0 Å². The molecule has 9 nitrogen and oxygen atoms in total. The lowest BCUT2D eigenvalue weighted by Crippen LogP contribution is -2.36. The minimum Gasteiger partial charge on any atom is -0.481 e. The summed E-state index contributed by atoms with van der Waals surface area (Å²) in [6, 6.07) is 17.5. The fourth-order valence-corrected chi connectivity index (χ4v) is 5.90. The topological polar surface area (TPSA) is 119 Å². The van der Waals surface area contributed by atoms with Crippen LogP contribution in [0.5, 0.6) is 0 Å². The normalized spacial score (nSPS) is 16.0. The number of carboxylic acids is 1. The number of hydrogen-bond acceptors (Lipinski definition) is 6. The standard InChI is InChI=1S/C31H34N4O5S/c36-28(18-21-6-2-1-3-7-21)32-24-19-23(30(39)33-25(20-29(37)38)27-8-4-17-41-27)11-12-26(24)34-13-5-14-35(16-15-34)31(40)22-9-10-22/h1-4,6-8,11-12,17,19,22,25H,5,9-10,13-16,18,20H2,(H,32,36)(H,33,39)(H,37,38). The molecule has 2 heterocycles. The molecule has 1 aromatic heterocycles. The van der Waals surface area contributed by atoms with Gasteiger partial charge in [0.15, 0.2) is 0 Å². The molecular weight excluding hydrogens is 540 g/mol. The van der Waals surface area contributed by atoms with Crippen molar-refractivity contribution in [1.82, 2.24) is 10.2 Å². The summed E-state index contributed by atoms with van der Waals surface area (Å²) in [5.74, 6) is -1.24. The molecule has 1 aliphatic heterocycles. The molecule has 2 aromatic carbocycles. The molecule has 2 aliphatic rings. The zero-order valence-electron chi connectivity index (χ0n) is 22.8. The Labute approximate surface area is 243 Å². The summed E-state index contributed by atoms with van der Waals surface area (Å²) in [6.45, 7) is 2.63. The summed E-state index contributed by atoms with van der Waals surface area (Å²) in [6.07, 6.45) is 2.68. The van der Waals surface area contributed by atoms with Crippen LogP contribution in [0.2, 0.25) is 0 Å². The predicted molar refractivity (Wildman–Crippen MR) is 158 cm³/mol. The lowest BCUT2D eigenvalue weighted by Gasteiger charge is -2.27. The number of aliphatic carboxylic acids is 1. The van der Waals surface area contributed by atoms with Gasteiger partial charge in [-0.05, 0) is 54.5 Å². The number of amides is 3. The van der Waals surface area contributed by atoms with Crippen molar-refractivity contribution in [1.29, 1.82) is 0 Å². The van der Waals surface area contributed by atoms with Crippen molar-refractivity contribution >= 4 is 46.4 Å². The molecule has 1 atom stereocenters. The van der Waals surface area contributed by atoms with E-state index in [2.05, 4.69) is 15.5 Å². The minimum atomic E-state index is -1.01. The van der Waals surface area contributed by atoms with Gasteiger partial charge in [0.05, 0.1) is 30.3 Å². The van der Waals surface area contributed by atoms with Gasteiger partial charge in [-0.15, -0.1) is 11.3 Å². The zero-order chi connectivity index (χ0) is 28.8. The van der Waals surface area contributed by atoms with Crippen molar-refractivity contribution in [3.05, 3.63) is 82.0 Å². The average Bonchev–Trinajstić information content (AvgIpc) is 3.72. The van der Waals surface area contributed by atoms with Gasteiger partial charge in [0.1, 0.15) is 0 Å². The van der Waals surface area contributed by atoms with Crippen molar-refractivity contribution in [2.45, 2.75) is 38.1 Å². The predicted octanol–water partition coefficient (Wildman–Crippen LogP) is 4.32. The Morgan fingerprint density at radius 3 is 2.46 bits per heavy atom. The molecule has 3 amide bonds. The van der Waals surface area contributed by atoms with Crippen LogP contribution in [-0.4, -0.2) is 59.9 Å². The van der Waals surface area contributed by atoms with E-state index in [4.69, 9.17) is 0 Å². The van der Waals surface area contributed by atoms with Crippen molar-refractivity contribution in [3.63, 3.8) is 0 Å². The summed E-state index contributed by atoms with van der Waals surface area (Å²) < 4.78 is 0. The SMILES string of the molecule is O=C(O)CC(NC(=O)c1ccc(N2CCCN(C(=O)C3CC3)CC2)c(NC(=O)Cc2ccccc2)c1)c1cccs1. The van der Waals surface area contributed by atoms with Crippen LogP contribution in [0.25, 0.3) is 0 Å². The van der Waals surface area contributed by atoms with Gasteiger partial charge in [-0.25, -0.2) is 0 Å². The lowest BCUT2D eigenvalue weighted by atomic mass is 10.1. The Balaban J connectivity index is 1.37. The second kappa shape index (κ2) is 13.0. The largest absolute Gasteiger partial charge is 0.481 e. The molecule has 5 rings (SSSR count). The molecule has 3 N–H and O–H groups in total. The van der Waals surface area contributed by atoms with Gasteiger partial charge in [-0.1, -0.05) is 36.4 Å². The van der Waals surface area contributed by atoms with Crippen LogP contribution in [0.4, 0.5) is 11.4 Å². The molecular formula is C31H34N4O5S. The monoisotopic (exact) mass is 574 g/mol. The highest BCUT2D eigenvalue weighted by molar-refractivity contribution is 7.10. The van der Waals surface area contributed by atoms with Crippen LogP contribution in [-0.2, 0) is 20.8 Å². The third-order valence-electron chi connectivity index (χ3n) is 7.39. The molecule has 10 heteroatoms. The molecule has 1 unspecified atom stereocenters. The zero-order valence-corrected chi connectivity index (χ0v) is 23.6. The van der Waals surface area contributed by atoms with Gasteiger partial charge < -0.3 is 25.5 Å². The average molecular weight is 575 g/mol. The van der Waals surface area contributed by atoms with E-state index >= 15 is 0 Å². The number of carbonyl (C=O) groups is 4. The van der Waals surface area contributed by atoms with E-state index in [1.807, 2.05) is 52.7 Å². The minimum absolute atomic E-state index is 0.173. The smallest absolute Gasteiger partial charge is 0.305 e. The van der Waals surface area contributed by atoms with Gasteiger partial charge in [-0.3, -0.25) is 19.2 Å². The molecule has 214 valence electrons. The maximum atomic E-state index is 13.3. The maximum Gasteiger partial charge on any atom is 0.305 e. The fraction of sp³-hybridized carbons (Fsp3) is 0.355. The molecule has 0 bridgehead atoms. The molecule has 0 radical (unpaired) electrons. The number of benzene rings is 2. The number of rotatable bonds is 10. The summed E-state index contributed by atoms with van der Waals surface area (Å²) >= 11 is 1.38. The Bertz CT molecular complexity index is 1390. The molecule has 3 aromatic rings. The fourth-order valence-electron chi connectivity index (χ4n) is 5.12. The number of carbonyl (C=O) groups excluding carboxylic acids is 3. The molecule has 1 aliphatic carbocycles. The second-order valence-electron chi connectivity index (χ2n) is 10.5. The Morgan fingerprint density at radius 2 is 1.76 bits per heavy atom. The molecule has 41 heavy (non-hydrogen) atoms. The number of nitrogens with one attached hydrogen (secondary N) is 2. The van der Waals surface area contributed by atoms with E-state index in [0.717, 1.165) is 35.4 Å². The summed E-state index contributed by atoms with van der Waals surface area (Å²) in [4.78, 5) is 55.4. The van der Waals surface area contributed by atoms with Crippen LogP contribution in [0.3, 0.4) is 0 Å². The van der Waals surface area contributed by atoms with Gasteiger partial charge in [-0.2, -0.15) is 0 Å². The number of hydrogen-bond donors (Lipinski definition) is 3. The van der Waals surface area contributed by atoms with Crippen LogP contribution in [0.1, 0.15) is 52.5 Å². The number of anilines is 2. The number of carboxylic acid groups (broad SMARTS) is 1. The lowest BCUT2D eigenvalue weighted by molar-refractivity contribution is -0.137. The Morgan fingerprint density at radius 1 is 0.951 bits per heavy atom. The van der Waals surface area contributed by atoms with E-state index in [1.54, 1.807) is 18.2 Å². The first-order chi connectivity index (χ1) is 19.9. The van der Waals surface area contributed by atoms with E-state index in [-0.39, 0.29) is 30.6 Å². The van der Waals surface area contributed by atoms with Crippen molar-refractivity contribution in [2.75, 3.05) is 36.4 Å². The van der Waals surface area contributed by atoms with Crippen molar-refractivity contribution < 1.29 is 24.3 Å². The highest BCUT2D eigenvalue weighted by atomic mass is 32.1. The molecule has 1 saturated carbocycles. The highest BCUT2D eigenvalue weighted by Gasteiger charge is 2.34. The number of nitrogens with zero attached hydrogens (tertiary/aromatic N) is 2. The number of thiophene rings is 1. The van der Waals surface area contributed by atoms with Crippen LogP contribution >= 0.6 is 11.3 Å². The first kappa shape index (κ1) is 28.4. The van der Waals surface area contributed by atoms with Gasteiger partial charge in [0.2, 0.25) is 11.8 Å². The van der Waals surface area contributed by atoms with Gasteiger partial charge in [0.25, 0.3) is 5.91 Å². The van der Waals surface area contributed by atoms with Crippen molar-refractivity contribution in [2.24, 2.45) is 5.92 Å². The highest BCUT2D eigenvalue weighted by Crippen LogP contribution is 2.33. The summed E-state index contributed by atoms with van der Waals surface area (Å²) in [5.41, 5.74) is 2.48. The van der Waals surface area contributed by atoms with Gasteiger partial charge >= 0.3 is 5.97 Å². The third kappa shape index (κ3) is 7.52. The first-order valence-corrected chi connectivity index (χ1v) is 14.8. The van der Waals surface area contributed by atoms with E-state index in [0.29, 0.717) is 37.4 Å². The summed E-state index contributed by atoms with van der Waals surface area (Å²) in [7, 11) is 0. The maximum absolute atomic E-state index is 13.3. The van der Waals surface area contributed by atoms with Gasteiger partial charge in [0, 0.05) is 42.5 Å². The first-order valence-electron chi connectivity index (χ1n) is 13.9. The van der Waals surface area contributed by atoms with E-state index in [1.165, 1.54) is 11.3 Å². The Hall–Kier alpha value is -4.18. The second-order valence-corrected chi connectivity index (χ2v) is 11.5. The van der Waals surface area contributed by atoms with Crippen LogP contribution < -0.4 is 15.5 Å². The van der Waals surface area contributed by atoms with Crippen molar-refractivity contribution in [3.8, 4) is 0 Å². The molecule has 1 saturated heterocycles. The third-order valence-corrected chi connectivity index (χ3v) is 8.37. The molecule has 2 fully saturated rings. The van der Waals surface area contributed by atoms with E-state index < -0.39 is 17.9 Å².